The zero-order valence-corrected chi connectivity index (χ0v) is 16.9. The van der Waals surface area contributed by atoms with Gasteiger partial charge in [0.15, 0.2) is 0 Å². The molecule has 0 aromatic rings. The number of amides is 2. The van der Waals surface area contributed by atoms with Gasteiger partial charge in [0.1, 0.15) is 0 Å². The monoisotopic (exact) mass is 362 g/mol. The Morgan fingerprint density at radius 2 is 1.04 bits per heavy atom. The summed E-state index contributed by atoms with van der Waals surface area (Å²) in [5, 5.41) is 0. The topological polar surface area (TPSA) is 40.6 Å². The van der Waals surface area contributed by atoms with Gasteiger partial charge in [0.25, 0.3) is 0 Å². The van der Waals surface area contributed by atoms with Gasteiger partial charge in [-0.15, -0.1) is 0 Å². The average Bonchev–Trinajstić information content (AvgIpc) is 2.72. The van der Waals surface area contributed by atoms with Crippen LogP contribution in [0.5, 0.6) is 0 Å². The first-order valence-electron chi connectivity index (χ1n) is 11.3. The Bertz CT molecular complexity index is 441. The number of carbonyl (C=O) groups excluding carboxylic acids is 2. The molecule has 2 heterocycles. The van der Waals surface area contributed by atoms with Gasteiger partial charge in [-0.25, -0.2) is 0 Å². The van der Waals surface area contributed by atoms with Crippen molar-refractivity contribution < 1.29 is 9.59 Å². The highest BCUT2D eigenvalue weighted by Gasteiger charge is 2.37. The van der Waals surface area contributed by atoms with Gasteiger partial charge < -0.3 is 9.80 Å². The first kappa shape index (κ1) is 19.7. The lowest BCUT2D eigenvalue weighted by atomic mass is 9.79. The van der Waals surface area contributed by atoms with E-state index in [-0.39, 0.29) is 11.8 Å². The lowest BCUT2D eigenvalue weighted by molar-refractivity contribution is -0.145. The van der Waals surface area contributed by atoms with E-state index in [0.29, 0.717) is 23.9 Å². The molecule has 1 aliphatic carbocycles. The largest absolute Gasteiger partial charge is 0.339 e. The van der Waals surface area contributed by atoms with E-state index >= 15 is 0 Å². The van der Waals surface area contributed by atoms with Gasteiger partial charge in [-0.05, 0) is 77.0 Å². The Morgan fingerprint density at radius 3 is 1.38 bits per heavy atom. The van der Waals surface area contributed by atoms with Crippen molar-refractivity contribution in [2.24, 2.45) is 11.8 Å². The molecule has 2 aliphatic heterocycles. The van der Waals surface area contributed by atoms with Gasteiger partial charge in [0.05, 0.1) is 0 Å². The zero-order valence-electron chi connectivity index (χ0n) is 16.9. The molecule has 26 heavy (non-hydrogen) atoms. The Kier molecular flexibility index (Phi) is 6.99. The van der Waals surface area contributed by atoms with E-state index in [1.807, 2.05) is 0 Å². The van der Waals surface area contributed by atoms with Gasteiger partial charge in [0.2, 0.25) is 11.8 Å². The number of nitrogens with zero attached hydrogens (tertiary/aromatic N) is 2. The van der Waals surface area contributed by atoms with E-state index in [2.05, 4.69) is 23.6 Å². The minimum atomic E-state index is 0.162. The molecule has 0 bridgehead atoms. The molecule has 0 aromatic carbocycles. The number of piperidine rings is 2. The Balaban J connectivity index is 1.53. The molecule has 0 spiro atoms. The second-order valence-electron chi connectivity index (χ2n) is 8.73. The SMILES string of the molecule is CCC1CCCCN1C(=O)C1CCC(C(=O)N2CCCCC2CC)CC1. The summed E-state index contributed by atoms with van der Waals surface area (Å²) in [5.41, 5.74) is 0. The highest BCUT2D eigenvalue weighted by molar-refractivity contribution is 5.81. The van der Waals surface area contributed by atoms with Crippen molar-refractivity contribution in [2.45, 2.75) is 103 Å². The van der Waals surface area contributed by atoms with Crippen LogP contribution >= 0.6 is 0 Å². The van der Waals surface area contributed by atoms with E-state index in [4.69, 9.17) is 0 Å². The van der Waals surface area contributed by atoms with Crippen molar-refractivity contribution in [3.05, 3.63) is 0 Å². The quantitative estimate of drug-likeness (QED) is 0.745. The Labute approximate surface area is 159 Å². The smallest absolute Gasteiger partial charge is 0.225 e. The first-order chi connectivity index (χ1) is 12.7. The lowest BCUT2D eigenvalue weighted by Crippen LogP contribution is -2.49. The third kappa shape index (κ3) is 4.26. The summed E-state index contributed by atoms with van der Waals surface area (Å²) in [5.74, 6) is 1.09. The summed E-state index contributed by atoms with van der Waals surface area (Å²) < 4.78 is 0. The molecule has 2 atom stereocenters. The predicted molar refractivity (Wildman–Crippen MR) is 105 cm³/mol. The highest BCUT2D eigenvalue weighted by atomic mass is 16.2. The van der Waals surface area contributed by atoms with Gasteiger partial charge in [0, 0.05) is 37.0 Å². The third-order valence-corrected chi connectivity index (χ3v) is 7.19. The molecule has 0 radical (unpaired) electrons. The Hall–Kier alpha value is -1.06. The number of carbonyl (C=O) groups is 2. The van der Waals surface area contributed by atoms with Crippen molar-refractivity contribution in [2.75, 3.05) is 13.1 Å². The Morgan fingerprint density at radius 1 is 0.654 bits per heavy atom. The summed E-state index contributed by atoms with van der Waals surface area (Å²) in [6.07, 6.45) is 13.0. The van der Waals surface area contributed by atoms with Crippen LogP contribution in [0.3, 0.4) is 0 Å². The molecule has 2 amide bonds. The van der Waals surface area contributed by atoms with E-state index in [1.54, 1.807) is 0 Å². The maximum absolute atomic E-state index is 13.0. The van der Waals surface area contributed by atoms with Crippen molar-refractivity contribution >= 4 is 11.8 Å². The van der Waals surface area contributed by atoms with Crippen LogP contribution < -0.4 is 0 Å². The van der Waals surface area contributed by atoms with Crippen LogP contribution in [0.4, 0.5) is 0 Å². The van der Waals surface area contributed by atoms with Crippen LogP contribution in [-0.4, -0.2) is 46.8 Å². The number of likely N-dealkylation sites (tertiary alicyclic amines) is 2. The first-order valence-corrected chi connectivity index (χ1v) is 11.3. The van der Waals surface area contributed by atoms with Crippen LogP contribution in [0, 0.1) is 11.8 Å². The minimum absolute atomic E-state index is 0.162. The number of hydrogen-bond donors (Lipinski definition) is 0. The van der Waals surface area contributed by atoms with Gasteiger partial charge in [-0.3, -0.25) is 9.59 Å². The van der Waals surface area contributed by atoms with Crippen LogP contribution in [0.2, 0.25) is 0 Å². The van der Waals surface area contributed by atoms with Crippen LogP contribution in [0.25, 0.3) is 0 Å². The predicted octanol–water partition coefficient (Wildman–Crippen LogP) is 4.38. The molecule has 3 aliphatic rings. The molecule has 3 rings (SSSR count). The lowest BCUT2D eigenvalue weighted by Gasteiger charge is -2.41. The van der Waals surface area contributed by atoms with E-state index in [9.17, 15) is 9.59 Å². The normalized spacial score (nSPS) is 33.2. The maximum atomic E-state index is 13.0. The van der Waals surface area contributed by atoms with E-state index in [0.717, 1.165) is 64.5 Å². The summed E-state index contributed by atoms with van der Waals surface area (Å²) in [6.45, 7) is 6.30. The van der Waals surface area contributed by atoms with Gasteiger partial charge >= 0.3 is 0 Å². The molecule has 1 saturated carbocycles. The van der Waals surface area contributed by atoms with Crippen molar-refractivity contribution in [1.29, 1.82) is 0 Å². The third-order valence-electron chi connectivity index (χ3n) is 7.19. The van der Waals surface area contributed by atoms with Crippen LogP contribution in [0.1, 0.15) is 90.9 Å². The summed E-state index contributed by atoms with van der Waals surface area (Å²) in [7, 11) is 0. The van der Waals surface area contributed by atoms with Crippen LogP contribution in [-0.2, 0) is 9.59 Å². The molecule has 3 fully saturated rings. The van der Waals surface area contributed by atoms with Crippen molar-refractivity contribution in [3.63, 3.8) is 0 Å². The number of hydrogen-bond acceptors (Lipinski definition) is 2. The second kappa shape index (κ2) is 9.23. The fourth-order valence-electron chi connectivity index (χ4n) is 5.49. The number of rotatable bonds is 4. The molecule has 2 unspecified atom stereocenters. The molecular weight excluding hydrogens is 324 g/mol. The zero-order chi connectivity index (χ0) is 18.5. The summed E-state index contributed by atoms with van der Waals surface area (Å²) >= 11 is 0. The van der Waals surface area contributed by atoms with Crippen molar-refractivity contribution in [1.82, 2.24) is 9.80 Å². The van der Waals surface area contributed by atoms with Crippen LogP contribution in [0.15, 0.2) is 0 Å². The van der Waals surface area contributed by atoms with Gasteiger partial charge in [-0.2, -0.15) is 0 Å². The molecule has 148 valence electrons. The van der Waals surface area contributed by atoms with Crippen molar-refractivity contribution in [3.8, 4) is 0 Å². The molecular formula is C22H38N2O2. The van der Waals surface area contributed by atoms with Gasteiger partial charge in [-0.1, -0.05) is 13.8 Å². The molecule has 4 nitrogen and oxygen atoms in total. The molecule has 0 N–H and O–H groups in total. The fraction of sp³-hybridized carbons (Fsp3) is 0.909. The fourth-order valence-corrected chi connectivity index (χ4v) is 5.49. The summed E-state index contributed by atoms with van der Waals surface area (Å²) in [4.78, 5) is 30.4. The van der Waals surface area contributed by atoms with E-state index in [1.165, 1.54) is 25.7 Å². The second-order valence-corrected chi connectivity index (χ2v) is 8.73. The maximum Gasteiger partial charge on any atom is 0.225 e. The minimum Gasteiger partial charge on any atom is -0.339 e. The molecule has 4 heteroatoms. The molecule has 0 aromatic heterocycles. The summed E-state index contributed by atoms with van der Waals surface area (Å²) in [6, 6.07) is 0.906. The standard InChI is InChI=1S/C22H38N2O2/c1-3-19-9-5-7-15-23(19)21(25)17-11-13-18(14-12-17)22(26)24-16-8-6-10-20(24)4-2/h17-20H,3-16H2,1-2H3. The highest BCUT2D eigenvalue weighted by Crippen LogP contribution is 2.34. The molecule has 2 saturated heterocycles. The average molecular weight is 363 g/mol. The van der Waals surface area contributed by atoms with E-state index < -0.39 is 0 Å².